The molecule has 1 aliphatic rings. The van der Waals surface area contributed by atoms with E-state index in [1.54, 1.807) is 12.1 Å². The number of halogens is 2. The Hall–Kier alpha value is -1.03. The molecular formula is C12H12BrFO2. The highest BCUT2D eigenvalue weighted by Crippen LogP contribution is 2.34. The second-order valence-electron chi connectivity index (χ2n) is 3.72. The second kappa shape index (κ2) is 4.45. The van der Waals surface area contributed by atoms with Crippen LogP contribution >= 0.6 is 15.9 Å². The number of fused-ring (bicyclic) bond motifs is 1. The van der Waals surface area contributed by atoms with Gasteiger partial charge in [-0.1, -0.05) is 6.92 Å². The SMILES string of the molecule is CC/C=C(/O)C1Cc2cc(Br)c(F)cc2O1. The van der Waals surface area contributed by atoms with Crippen LogP contribution < -0.4 is 4.74 Å². The van der Waals surface area contributed by atoms with Crippen LogP contribution in [0.2, 0.25) is 0 Å². The van der Waals surface area contributed by atoms with Crippen molar-refractivity contribution in [3.63, 3.8) is 0 Å². The van der Waals surface area contributed by atoms with Gasteiger partial charge in [-0.25, -0.2) is 4.39 Å². The van der Waals surface area contributed by atoms with E-state index >= 15 is 0 Å². The maximum absolute atomic E-state index is 13.2. The van der Waals surface area contributed by atoms with Crippen LogP contribution in [0.15, 0.2) is 28.4 Å². The number of allylic oxidation sites excluding steroid dienone is 1. The monoisotopic (exact) mass is 286 g/mol. The van der Waals surface area contributed by atoms with E-state index in [0.717, 1.165) is 12.0 Å². The molecule has 0 saturated carbocycles. The summed E-state index contributed by atoms with van der Waals surface area (Å²) in [7, 11) is 0. The first-order valence-electron chi connectivity index (χ1n) is 5.15. The molecule has 86 valence electrons. The van der Waals surface area contributed by atoms with Gasteiger partial charge in [0.25, 0.3) is 0 Å². The summed E-state index contributed by atoms with van der Waals surface area (Å²) in [5.74, 6) is 0.385. The van der Waals surface area contributed by atoms with Crippen LogP contribution in [0, 0.1) is 5.82 Å². The van der Waals surface area contributed by atoms with Crippen molar-refractivity contribution in [1.29, 1.82) is 0 Å². The third-order valence-electron chi connectivity index (χ3n) is 2.52. The van der Waals surface area contributed by atoms with Gasteiger partial charge in [-0.3, -0.25) is 0 Å². The normalized spacial score (nSPS) is 19.4. The van der Waals surface area contributed by atoms with Gasteiger partial charge in [0.1, 0.15) is 17.3 Å². The lowest BCUT2D eigenvalue weighted by Gasteiger charge is -2.09. The average molecular weight is 287 g/mol. The van der Waals surface area contributed by atoms with Gasteiger partial charge in [0.2, 0.25) is 0 Å². The Bertz CT molecular complexity index is 412. The predicted octanol–water partition coefficient (Wildman–Crippen LogP) is 3.74. The van der Waals surface area contributed by atoms with E-state index in [1.165, 1.54) is 6.07 Å². The zero-order valence-electron chi connectivity index (χ0n) is 8.84. The molecule has 0 radical (unpaired) electrons. The second-order valence-corrected chi connectivity index (χ2v) is 4.58. The summed E-state index contributed by atoms with van der Waals surface area (Å²) in [4.78, 5) is 0. The van der Waals surface area contributed by atoms with E-state index in [9.17, 15) is 9.50 Å². The van der Waals surface area contributed by atoms with Gasteiger partial charge in [-0.2, -0.15) is 0 Å². The Balaban J connectivity index is 2.24. The van der Waals surface area contributed by atoms with Crippen molar-refractivity contribution in [2.24, 2.45) is 0 Å². The summed E-state index contributed by atoms with van der Waals surface area (Å²) in [6, 6.07) is 3.04. The first-order valence-corrected chi connectivity index (χ1v) is 5.94. The molecule has 0 aromatic heterocycles. The van der Waals surface area contributed by atoms with Gasteiger partial charge in [-0.15, -0.1) is 0 Å². The molecule has 1 aromatic carbocycles. The Morgan fingerprint density at radius 2 is 2.44 bits per heavy atom. The maximum atomic E-state index is 13.2. The van der Waals surface area contributed by atoms with Gasteiger partial charge in [0, 0.05) is 12.5 Å². The van der Waals surface area contributed by atoms with Crippen LogP contribution in [-0.4, -0.2) is 11.2 Å². The molecule has 0 fully saturated rings. The first-order chi connectivity index (χ1) is 7.61. The molecule has 0 spiro atoms. The Labute approximate surface area is 102 Å². The summed E-state index contributed by atoms with van der Waals surface area (Å²) in [5.41, 5.74) is 0.911. The molecule has 4 heteroatoms. The number of hydrogen-bond donors (Lipinski definition) is 1. The highest BCUT2D eigenvalue weighted by Gasteiger charge is 2.27. The lowest BCUT2D eigenvalue weighted by molar-refractivity contribution is 0.198. The smallest absolute Gasteiger partial charge is 0.159 e. The highest BCUT2D eigenvalue weighted by molar-refractivity contribution is 9.10. The van der Waals surface area contributed by atoms with E-state index in [4.69, 9.17) is 4.74 Å². The van der Waals surface area contributed by atoms with Crippen LogP contribution in [0.1, 0.15) is 18.9 Å². The minimum absolute atomic E-state index is 0.218. The molecule has 0 aliphatic carbocycles. The number of ether oxygens (including phenoxy) is 1. The van der Waals surface area contributed by atoms with Crippen LogP contribution in [0.4, 0.5) is 4.39 Å². The number of aliphatic hydroxyl groups excluding tert-OH is 1. The lowest BCUT2D eigenvalue weighted by atomic mass is 10.1. The van der Waals surface area contributed by atoms with Crippen molar-refractivity contribution in [3.8, 4) is 5.75 Å². The van der Waals surface area contributed by atoms with Crippen molar-refractivity contribution < 1.29 is 14.2 Å². The molecule has 2 nitrogen and oxygen atoms in total. The van der Waals surface area contributed by atoms with E-state index in [-0.39, 0.29) is 17.7 Å². The molecule has 1 atom stereocenters. The maximum Gasteiger partial charge on any atom is 0.159 e. The fourth-order valence-electron chi connectivity index (χ4n) is 1.74. The average Bonchev–Trinajstić information content (AvgIpc) is 2.62. The van der Waals surface area contributed by atoms with Gasteiger partial charge in [-0.05, 0) is 40.1 Å². The molecule has 0 amide bonds. The molecule has 16 heavy (non-hydrogen) atoms. The summed E-state index contributed by atoms with van der Waals surface area (Å²) in [5, 5.41) is 9.69. The Morgan fingerprint density at radius 1 is 1.69 bits per heavy atom. The molecule has 2 rings (SSSR count). The summed E-state index contributed by atoms with van der Waals surface area (Å²) in [6.07, 6.45) is 2.67. The van der Waals surface area contributed by atoms with Crippen molar-refractivity contribution in [3.05, 3.63) is 39.8 Å². The molecule has 1 N–H and O–H groups in total. The molecule has 1 aromatic rings. The number of hydrogen-bond acceptors (Lipinski definition) is 2. The zero-order valence-corrected chi connectivity index (χ0v) is 10.4. The molecule has 0 bridgehead atoms. The molecule has 1 aliphatic heterocycles. The lowest BCUT2D eigenvalue weighted by Crippen LogP contribution is -2.15. The number of aliphatic hydroxyl groups is 1. The van der Waals surface area contributed by atoms with E-state index in [2.05, 4.69) is 15.9 Å². The van der Waals surface area contributed by atoms with Crippen LogP contribution in [0.5, 0.6) is 5.75 Å². The zero-order chi connectivity index (χ0) is 11.7. The summed E-state index contributed by atoms with van der Waals surface area (Å²) in [6.45, 7) is 1.94. The summed E-state index contributed by atoms with van der Waals surface area (Å²) >= 11 is 3.13. The van der Waals surface area contributed by atoms with Crippen molar-refractivity contribution >= 4 is 15.9 Å². The molecule has 0 saturated heterocycles. The van der Waals surface area contributed by atoms with Gasteiger partial charge >= 0.3 is 0 Å². The third kappa shape index (κ3) is 2.07. The summed E-state index contributed by atoms with van der Waals surface area (Å²) < 4.78 is 19.1. The fraction of sp³-hybridized carbons (Fsp3) is 0.333. The Kier molecular flexibility index (Phi) is 3.19. The van der Waals surface area contributed by atoms with Gasteiger partial charge in [0.05, 0.1) is 4.47 Å². The standard InChI is InChI=1S/C12H12BrFO2/c1-2-3-10(15)12-5-7-4-8(13)9(14)6-11(7)16-12/h3-4,6,12,15H,2,5H2,1H3/b10-3+. The fourth-order valence-corrected chi connectivity index (χ4v) is 2.13. The van der Waals surface area contributed by atoms with Gasteiger partial charge < -0.3 is 9.84 Å². The predicted molar refractivity (Wildman–Crippen MR) is 63.2 cm³/mol. The van der Waals surface area contributed by atoms with Crippen LogP contribution in [0.3, 0.4) is 0 Å². The van der Waals surface area contributed by atoms with E-state index < -0.39 is 0 Å². The van der Waals surface area contributed by atoms with Crippen molar-refractivity contribution in [1.82, 2.24) is 0 Å². The van der Waals surface area contributed by atoms with E-state index in [0.29, 0.717) is 16.6 Å². The van der Waals surface area contributed by atoms with Crippen LogP contribution in [-0.2, 0) is 6.42 Å². The van der Waals surface area contributed by atoms with Crippen molar-refractivity contribution in [2.45, 2.75) is 25.9 Å². The molecule has 1 unspecified atom stereocenters. The first kappa shape index (κ1) is 11.5. The van der Waals surface area contributed by atoms with Crippen LogP contribution in [0.25, 0.3) is 0 Å². The minimum atomic E-state index is -0.372. The third-order valence-corrected chi connectivity index (χ3v) is 3.13. The van der Waals surface area contributed by atoms with Gasteiger partial charge in [0.15, 0.2) is 6.10 Å². The highest BCUT2D eigenvalue weighted by atomic mass is 79.9. The Morgan fingerprint density at radius 3 is 3.12 bits per heavy atom. The quantitative estimate of drug-likeness (QED) is 0.839. The number of benzene rings is 1. The largest absolute Gasteiger partial charge is 0.509 e. The number of rotatable bonds is 2. The minimum Gasteiger partial charge on any atom is -0.509 e. The molecular weight excluding hydrogens is 275 g/mol. The molecule has 1 heterocycles. The topological polar surface area (TPSA) is 29.5 Å². The van der Waals surface area contributed by atoms with Crippen molar-refractivity contribution in [2.75, 3.05) is 0 Å². The van der Waals surface area contributed by atoms with E-state index in [1.807, 2.05) is 6.92 Å².